The van der Waals surface area contributed by atoms with Crippen LogP contribution in [-0.4, -0.2) is 12.3 Å². The smallest absolute Gasteiger partial charge is 0.164 e. The zero-order valence-corrected chi connectivity index (χ0v) is 16.0. The van der Waals surface area contributed by atoms with Crippen molar-refractivity contribution < 1.29 is 4.79 Å². The number of nitrogens with one attached hydrogen (secondary N) is 1. The quantitative estimate of drug-likeness (QED) is 0.516. The molecule has 0 bridgehead atoms. The lowest BCUT2D eigenvalue weighted by Crippen LogP contribution is -2.28. The van der Waals surface area contributed by atoms with E-state index in [0.717, 1.165) is 16.3 Å². The summed E-state index contributed by atoms with van der Waals surface area (Å²) < 4.78 is 0. The van der Waals surface area contributed by atoms with E-state index in [1.807, 2.05) is 42.5 Å². The molecule has 2 nitrogen and oxygen atoms in total. The molecule has 1 N–H and O–H groups in total. The average Bonchev–Trinajstić information content (AvgIpc) is 2.65. The van der Waals surface area contributed by atoms with Crippen LogP contribution >= 0.6 is 11.6 Å². The Hall–Kier alpha value is -2.16. The molecule has 0 aliphatic rings. The molecule has 0 fully saturated rings. The Morgan fingerprint density at radius 2 is 1.77 bits per heavy atom. The van der Waals surface area contributed by atoms with E-state index in [0.29, 0.717) is 23.9 Å². The fourth-order valence-corrected chi connectivity index (χ4v) is 3.55. The lowest BCUT2D eigenvalue weighted by molar-refractivity contribution is 0.0981. The van der Waals surface area contributed by atoms with E-state index in [1.54, 1.807) is 0 Å². The number of fused-ring (bicyclic) bond motifs is 1. The Morgan fingerprint density at radius 1 is 1.00 bits per heavy atom. The number of hydrogen-bond donors (Lipinski definition) is 1. The number of ketones is 1. The summed E-state index contributed by atoms with van der Waals surface area (Å²) in [5.74, 6) is 0.602. The summed E-state index contributed by atoms with van der Waals surface area (Å²) >= 11 is 6.20. The summed E-state index contributed by atoms with van der Waals surface area (Å²) in [6, 6.07) is 22.1. The Morgan fingerprint density at radius 3 is 2.50 bits per heavy atom. The van der Waals surface area contributed by atoms with E-state index in [1.165, 1.54) is 5.56 Å². The Kier molecular flexibility index (Phi) is 6.08. The van der Waals surface area contributed by atoms with Crippen molar-refractivity contribution in [3.05, 3.63) is 82.9 Å². The second kappa shape index (κ2) is 8.48. The lowest BCUT2D eigenvalue weighted by atomic mass is 9.95. The van der Waals surface area contributed by atoms with E-state index in [2.05, 4.69) is 43.4 Å². The van der Waals surface area contributed by atoms with E-state index < -0.39 is 0 Å². The lowest BCUT2D eigenvalue weighted by Gasteiger charge is -2.23. The maximum absolute atomic E-state index is 12.6. The summed E-state index contributed by atoms with van der Waals surface area (Å²) in [7, 11) is 0. The minimum absolute atomic E-state index is 0.148. The third-order valence-electron chi connectivity index (χ3n) is 4.69. The van der Waals surface area contributed by atoms with E-state index in [4.69, 9.17) is 11.6 Å². The predicted octanol–water partition coefficient (Wildman–Crippen LogP) is 6.05. The molecule has 0 aromatic heterocycles. The fraction of sp³-hybridized carbons (Fsp3) is 0.261. The number of carbonyl (C=O) groups excluding carboxylic acids is 1. The SMILES string of the molecule is CC(C)C(NCCC(=O)c1ccc2c(Cl)cccc2c1)c1ccccc1. The standard InChI is InChI=1S/C23H24ClNO/c1-16(2)23(17-7-4-3-5-8-17)25-14-13-22(26)19-11-12-20-18(15-19)9-6-10-21(20)24/h3-12,15-16,23,25H,13-14H2,1-2H3. The number of carbonyl (C=O) groups is 1. The molecule has 3 rings (SSSR count). The van der Waals surface area contributed by atoms with Crippen molar-refractivity contribution in [2.45, 2.75) is 26.3 Å². The first-order valence-electron chi connectivity index (χ1n) is 9.06. The minimum Gasteiger partial charge on any atom is -0.309 e. The first-order chi connectivity index (χ1) is 12.6. The summed E-state index contributed by atoms with van der Waals surface area (Å²) in [4.78, 5) is 12.6. The minimum atomic E-state index is 0.148. The zero-order chi connectivity index (χ0) is 18.5. The van der Waals surface area contributed by atoms with Crippen LogP contribution in [0.3, 0.4) is 0 Å². The van der Waals surface area contributed by atoms with Gasteiger partial charge >= 0.3 is 0 Å². The van der Waals surface area contributed by atoms with Crippen LogP contribution in [0.4, 0.5) is 0 Å². The molecular formula is C23H24ClNO. The predicted molar refractivity (Wildman–Crippen MR) is 110 cm³/mol. The van der Waals surface area contributed by atoms with Gasteiger partial charge in [-0.1, -0.05) is 80.0 Å². The summed E-state index contributed by atoms with van der Waals surface area (Å²) in [6.45, 7) is 5.04. The molecule has 134 valence electrons. The molecule has 1 atom stereocenters. The van der Waals surface area contributed by atoms with Crippen LogP contribution in [0, 0.1) is 5.92 Å². The van der Waals surface area contributed by atoms with Crippen LogP contribution < -0.4 is 5.32 Å². The van der Waals surface area contributed by atoms with Crippen molar-refractivity contribution >= 4 is 28.2 Å². The van der Waals surface area contributed by atoms with Crippen LogP contribution in [0.1, 0.15) is 42.2 Å². The van der Waals surface area contributed by atoms with E-state index in [9.17, 15) is 4.79 Å². The zero-order valence-electron chi connectivity index (χ0n) is 15.2. The average molecular weight is 366 g/mol. The van der Waals surface area contributed by atoms with Gasteiger partial charge < -0.3 is 5.32 Å². The van der Waals surface area contributed by atoms with Gasteiger partial charge in [-0.05, 0) is 29.0 Å². The molecule has 0 saturated heterocycles. The molecule has 0 spiro atoms. The van der Waals surface area contributed by atoms with Crippen molar-refractivity contribution in [2.75, 3.05) is 6.54 Å². The summed E-state index contributed by atoms with van der Waals surface area (Å²) in [6.07, 6.45) is 0.474. The highest BCUT2D eigenvalue weighted by molar-refractivity contribution is 6.35. The van der Waals surface area contributed by atoms with Gasteiger partial charge in [0.2, 0.25) is 0 Å². The van der Waals surface area contributed by atoms with Gasteiger partial charge in [0.05, 0.1) is 0 Å². The van der Waals surface area contributed by atoms with Crippen LogP contribution in [0.25, 0.3) is 10.8 Å². The third-order valence-corrected chi connectivity index (χ3v) is 5.02. The van der Waals surface area contributed by atoms with Crippen molar-refractivity contribution in [3.63, 3.8) is 0 Å². The first-order valence-corrected chi connectivity index (χ1v) is 9.44. The number of rotatable bonds is 7. The number of halogens is 1. The van der Waals surface area contributed by atoms with Crippen LogP contribution in [0.5, 0.6) is 0 Å². The van der Waals surface area contributed by atoms with E-state index >= 15 is 0 Å². The maximum Gasteiger partial charge on any atom is 0.164 e. The molecule has 0 radical (unpaired) electrons. The molecule has 0 saturated carbocycles. The highest BCUT2D eigenvalue weighted by Gasteiger charge is 2.15. The highest BCUT2D eigenvalue weighted by Crippen LogP contribution is 2.25. The van der Waals surface area contributed by atoms with Gasteiger partial charge in [-0.15, -0.1) is 0 Å². The molecule has 3 aromatic carbocycles. The van der Waals surface area contributed by atoms with Crippen molar-refractivity contribution in [1.29, 1.82) is 0 Å². The van der Waals surface area contributed by atoms with Gasteiger partial charge in [-0.2, -0.15) is 0 Å². The number of hydrogen-bond acceptors (Lipinski definition) is 2. The van der Waals surface area contributed by atoms with Crippen LogP contribution in [-0.2, 0) is 0 Å². The van der Waals surface area contributed by atoms with E-state index in [-0.39, 0.29) is 11.8 Å². The molecule has 0 heterocycles. The Balaban J connectivity index is 1.65. The van der Waals surface area contributed by atoms with Crippen molar-refractivity contribution in [2.24, 2.45) is 5.92 Å². The summed E-state index contributed by atoms with van der Waals surface area (Å²) in [5.41, 5.74) is 2.00. The van der Waals surface area contributed by atoms with Gasteiger partial charge in [0.1, 0.15) is 0 Å². The number of Topliss-reactive ketones (excluding diaryl/α,β-unsaturated/α-hetero) is 1. The first kappa shape index (κ1) is 18.6. The molecule has 3 aromatic rings. The molecule has 0 aliphatic heterocycles. The monoisotopic (exact) mass is 365 g/mol. The molecule has 26 heavy (non-hydrogen) atoms. The van der Waals surface area contributed by atoms with Gasteiger partial charge in [-0.3, -0.25) is 4.79 Å². The van der Waals surface area contributed by atoms with Gasteiger partial charge in [0.15, 0.2) is 5.78 Å². The maximum atomic E-state index is 12.6. The topological polar surface area (TPSA) is 29.1 Å². The third kappa shape index (κ3) is 4.32. The van der Waals surface area contributed by atoms with Gasteiger partial charge in [0, 0.05) is 35.0 Å². The molecule has 0 aliphatic carbocycles. The number of benzene rings is 3. The Labute approximate surface area is 160 Å². The van der Waals surface area contributed by atoms with Crippen LogP contribution in [0.15, 0.2) is 66.7 Å². The van der Waals surface area contributed by atoms with Crippen molar-refractivity contribution in [3.8, 4) is 0 Å². The highest BCUT2D eigenvalue weighted by atomic mass is 35.5. The molecular weight excluding hydrogens is 342 g/mol. The normalized spacial score (nSPS) is 12.5. The summed E-state index contributed by atoms with van der Waals surface area (Å²) in [5, 5.41) is 6.23. The molecule has 3 heteroatoms. The fourth-order valence-electron chi connectivity index (χ4n) is 3.30. The Bertz CT molecular complexity index is 889. The van der Waals surface area contributed by atoms with Crippen molar-refractivity contribution in [1.82, 2.24) is 5.32 Å². The molecule has 0 amide bonds. The van der Waals surface area contributed by atoms with Crippen LogP contribution in [0.2, 0.25) is 5.02 Å². The van der Waals surface area contributed by atoms with Gasteiger partial charge in [0.25, 0.3) is 0 Å². The second-order valence-corrected chi connectivity index (χ2v) is 7.34. The van der Waals surface area contributed by atoms with Gasteiger partial charge in [-0.25, -0.2) is 0 Å². The molecule has 1 unspecified atom stereocenters. The second-order valence-electron chi connectivity index (χ2n) is 6.94. The largest absolute Gasteiger partial charge is 0.309 e.